The van der Waals surface area contributed by atoms with Crippen LogP contribution in [0.2, 0.25) is 0 Å². The number of hydrogen-bond donors (Lipinski definition) is 3. The molecule has 7 nitrogen and oxygen atoms in total. The van der Waals surface area contributed by atoms with Crippen LogP contribution in [0.4, 0.5) is 5.69 Å². The lowest BCUT2D eigenvalue weighted by Gasteiger charge is -2.18. The summed E-state index contributed by atoms with van der Waals surface area (Å²) in [6.07, 6.45) is 2.20. The van der Waals surface area contributed by atoms with Gasteiger partial charge in [0.1, 0.15) is 5.76 Å². The molecule has 1 aromatic heterocycles. The molecule has 0 saturated carbocycles. The molecule has 0 saturated heterocycles. The van der Waals surface area contributed by atoms with Crippen molar-refractivity contribution in [2.75, 3.05) is 5.43 Å². The third kappa shape index (κ3) is 5.30. The minimum Gasteiger partial charge on any atom is -0.455 e. The first kappa shape index (κ1) is 24.1. The number of fused-ring (bicyclic) bond motifs is 1. The highest BCUT2D eigenvalue weighted by molar-refractivity contribution is 6.07. The third-order valence-electron chi connectivity index (χ3n) is 6.46. The summed E-state index contributed by atoms with van der Waals surface area (Å²) in [4.78, 5) is 26.3. The predicted molar refractivity (Wildman–Crippen MR) is 143 cm³/mol. The van der Waals surface area contributed by atoms with Crippen molar-refractivity contribution in [2.45, 2.75) is 32.1 Å². The number of carbonyl (C=O) groups is 2. The molecule has 0 aliphatic heterocycles. The standard InChI is InChI=1S/C30H28N4O3/c1-20-26-24(18-11-19-25(26)37-28(20)30(36)34-31-23-16-9-4-10-17-23)32-33-29(35)27(21-12-5-2-6-13-21)22-14-7-3-8-15-22/h2-10,12-17,27,31H,11,18-19H2,1H3,(H,33,35)(H,34,36)/b32-24+. The fraction of sp³-hybridized carbons (Fsp3) is 0.167. The quantitative estimate of drug-likeness (QED) is 0.304. The van der Waals surface area contributed by atoms with E-state index >= 15 is 0 Å². The van der Waals surface area contributed by atoms with Gasteiger partial charge in [-0.25, -0.2) is 5.43 Å². The van der Waals surface area contributed by atoms with Crippen LogP contribution >= 0.6 is 0 Å². The highest BCUT2D eigenvalue weighted by Gasteiger charge is 2.29. The summed E-state index contributed by atoms with van der Waals surface area (Å²) < 4.78 is 5.96. The topological polar surface area (TPSA) is 95.7 Å². The molecule has 3 N–H and O–H groups in total. The zero-order valence-corrected chi connectivity index (χ0v) is 20.5. The van der Waals surface area contributed by atoms with Gasteiger partial charge >= 0.3 is 5.91 Å². The maximum Gasteiger partial charge on any atom is 0.305 e. The van der Waals surface area contributed by atoms with E-state index in [-0.39, 0.29) is 17.6 Å². The largest absolute Gasteiger partial charge is 0.455 e. The molecule has 186 valence electrons. The number of benzene rings is 3. The maximum atomic E-state index is 13.4. The van der Waals surface area contributed by atoms with Crippen LogP contribution < -0.4 is 16.3 Å². The number of para-hydroxylation sites is 1. The Morgan fingerprint density at radius 1 is 0.838 bits per heavy atom. The van der Waals surface area contributed by atoms with Crippen molar-refractivity contribution in [3.05, 3.63) is 125 Å². The number of hydrogen-bond acceptors (Lipinski definition) is 5. The van der Waals surface area contributed by atoms with Gasteiger partial charge < -0.3 is 4.42 Å². The van der Waals surface area contributed by atoms with Crippen molar-refractivity contribution >= 4 is 23.2 Å². The van der Waals surface area contributed by atoms with Gasteiger partial charge in [-0.2, -0.15) is 5.10 Å². The van der Waals surface area contributed by atoms with Crippen LogP contribution in [0.1, 0.15) is 57.3 Å². The smallest absolute Gasteiger partial charge is 0.305 e. The molecule has 0 unspecified atom stereocenters. The normalized spacial score (nSPS) is 13.7. The Morgan fingerprint density at radius 3 is 2.05 bits per heavy atom. The lowest BCUT2D eigenvalue weighted by Crippen LogP contribution is -2.29. The van der Waals surface area contributed by atoms with Crippen molar-refractivity contribution in [2.24, 2.45) is 5.10 Å². The molecule has 1 aliphatic rings. The van der Waals surface area contributed by atoms with E-state index in [4.69, 9.17) is 4.42 Å². The molecule has 0 radical (unpaired) electrons. The van der Waals surface area contributed by atoms with E-state index in [1.807, 2.05) is 97.9 Å². The second kappa shape index (κ2) is 11.0. The zero-order chi connectivity index (χ0) is 25.6. The molecule has 7 heteroatoms. The van der Waals surface area contributed by atoms with E-state index in [1.54, 1.807) is 0 Å². The molecule has 0 spiro atoms. The summed E-state index contributed by atoms with van der Waals surface area (Å²) in [5.74, 6) is -0.133. The van der Waals surface area contributed by atoms with E-state index < -0.39 is 5.92 Å². The third-order valence-corrected chi connectivity index (χ3v) is 6.46. The molecule has 0 atom stereocenters. The van der Waals surface area contributed by atoms with Crippen LogP contribution in [0.3, 0.4) is 0 Å². The van der Waals surface area contributed by atoms with Crippen molar-refractivity contribution < 1.29 is 14.0 Å². The Balaban J connectivity index is 1.37. The zero-order valence-electron chi connectivity index (χ0n) is 20.5. The van der Waals surface area contributed by atoms with Gasteiger partial charge in [-0.3, -0.25) is 20.4 Å². The van der Waals surface area contributed by atoms with Crippen LogP contribution in [-0.4, -0.2) is 17.5 Å². The van der Waals surface area contributed by atoms with E-state index in [9.17, 15) is 9.59 Å². The van der Waals surface area contributed by atoms with Crippen molar-refractivity contribution in [3.8, 4) is 0 Å². The molecule has 1 heterocycles. The van der Waals surface area contributed by atoms with Crippen LogP contribution in [0.15, 0.2) is 101 Å². The summed E-state index contributed by atoms with van der Waals surface area (Å²) in [6.45, 7) is 1.85. The van der Waals surface area contributed by atoms with Crippen molar-refractivity contribution in [1.82, 2.24) is 10.9 Å². The fourth-order valence-corrected chi connectivity index (χ4v) is 4.68. The number of furan rings is 1. The molecule has 4 aromatic rings. The Morgan fingerprint density at radius 2 is 1.43 bits per heavy atom. The van der Waals surface area contributed by atoms with Crippen LogP contribution in [0.25, 0.3) is 0 Å². The summed E-state index contributed by atoms with van der Waals surface area (Å²) in [6, 6.07) is 28.7. The molecule has 2 amide bonds. The van der Waals surface area contributed by atoms with Crippen LogP contribution in [-0.2, 0) is 11.2 Å². The monoisotopic (exact) mass is 492 g/mol. The molecule has 3 aromatic carbocycles. The Labute approximate surface area is 215 Å². The van der Waals surface area contributed by atoms with Gasteiger partial charge in [-0.15, -0.1) is 0 Å². The second-order valence-electron chi connectivity index (χ2n) is 8.94. The molecule has 1 aliphatic carbocycles. The van der Waals surface area contributed by atoms with E-state index in [0.29, 0.717) is 29.9 Å². The number of anilines is 1. The lowest BCUT2D eigenvalue weighted by atomic mass is 9.90. The molecule has 37 heavy (non-hydrogen) atoms. The number of amides is 2. The van der Waals surface area contributed by atoms with Gasteiger partial charge in [-0.05, 0) is 43.0 Å². The summed E-state index contributed by atoms with van der Waals surface area (Å²) >= 11 is 0. The highest BCUT2D eigenvalue weighted by atomic mass is 16.4. The SMILES string of the molecule is Cc1c(C(=O)NNc2ccccc2)oc2c1/C(=N/NC(=O)C(c1ccccc1)c1ccccc1)CCC2. The first-order chi connectivity index (χ1) is 18.1. The van der Waals surface area contributed by atoms with Gasteiger partial charge in [0.05, 0.1) is 17.3 Å². The molecule has 5 rings (SSSR count). The van der Waals surface area contributed by atoms with E-state index in [2.05, 4.69) is 21.4 Å². The lowest BCUT2D eigenvalue weighted by molar-refractivity contribution is -0.121. The van der Waals surface area contributed by atoms with Gasteiger partial charge in [0.2, 0.25) is 0 Å². The molecule has 0 bridgehead atoms. The van der Waals surface area contributed by atoms with Crippen LogP contribution in [0.5, 0.6) is 0 Å². The van der Waals surface area contributed by atoms with Gasteiger partial charge in [0.25, 0.3) is 5.91 Å². The molecule has 0 fully saturated rings. The van der Waals surface area contributed by atoms with Gasteiger partial charge in [-0.1, -0.05) is 78.9 Å². The van der Waals surface area contributed by atoms with Gasteiger partial charge in [0.15, 0.2) is 5.76 Å². The van der Waals surface area contributed by atoms with Crippen molar-refractivity contribution in [3.63, 3.8) is 0 Å². The first-order valence-corrected chi connectivity index (χ1v) is 12.3. The number of nitrogens with zero attached hydrogens (tertiary/aromatic N) is 1. The number of aryl methyl sites for hydroxylation is 1. The number of carbonyl (C=O) groups excluding carboxylic acids is 2. The van der Waals surface area contributed by atoms with Crippen LogP contribution in [0, 0.1) is 6.92 Å². The average molecular weight is 493 g/mol. The van der Waals surface area contributed by atoms with Crippen molar-refractivity contribution in [1.29, 1.82) is 0 Å². The Bertz CT molecular complexity index is 1370. The summed E-state index contributed by atoms with van der Waals surface area (Å²) in [7, 11) is 0. The number of rotatable bonds is 7. The minimum atomic E-state index is -0.495. The molecular weight excluding hydrogens is 464 g/mol. The number of hydrazine groups is 1. The first-order valence-electron chi connectivity index (χ1n) is 12.3. The van der Waals surface area contributed by atoms with E-state index in [1.165, 1.54) is 0 Å². The van der Waals surface area contributed by atoms with E-state index in [0.717, 1.165) is 28.8 Å². The van der Waals surface area contributed by atoms with Gasteiger partial charge in [0, 0.05) is 17.5 Å². The number of hydrazone groups is 1. The average Bonchev–Trinajstić information content (AvgIpc) is 3.29. The molecular formula is C30H28N4O3. The highest BCUT2D eigenvalue weighted by Crippen LogP contribution is 2.30. The number of nitrogens with one attached hydrogen (secondary N) is 3. The second-order valence-corrected chi connectivity index (χ2v) is 8.94. The maximum absolute atomic E-state index is 13.4. The Hall–Kier alpha value is -4.65. The summed E-state index contributed by atoms with van der Waals surface area (Å²) in [5, 5.41) is 4.53. The Kier molecular flexibility index (Phi) is 7.12. The fourth-order valence-electron chi connectivity index (χ4n) is 4.68. The predicted octanol–water partition coefficient (Wildman–Crippen LogP) is 5.33. The minimum absolute atomic E-state index is 0.219. The summed E-state index contributed by atoms with van der Waals surface area (Å²) in [5.41, 5.74) is 13.1.